The molecule has 1 saturated heterocycles. The molecule has 2 amide bonds. The van der Waals surface area contributed by atoms with Gasteiger partial charge in [0.05, 0.1) is 17.6 Å². The Labute approximate surface area is 121 Å². The second-order valence-corrected chi connectivity index (χ2v) is 5.77. The smallest absolute Gasteiger partial charge is 0.327 e. The summed E-state index contributed by atoms with van der Waals surface area (Å²) in [4.78, 5) is 24.9. The highest BCUT2D eigenvalue weighted by Gasteiger charge is 2.40. The third-order valence-corrected chi connectivity index (χ3v) is 4.76. The zero-order valence-corrected chi connectivity index (χ0v) is 12.3. The van der Waals surface area contributed by atoms with Gasteiger partial charge in [-0.2, -0.15) is 5.10 Å². The quantitative estimate of drug-likeness (QED) is 0.861. The van der Waals surface area contributed by atoms with E-state index in [1.807, 2.05) is 13.0 Å². The third-order valence-electron chi connectivity index (χ3n) is 3.30. The van der Waals surface area contributed by atoms with Crippen molar-refractivity contribution in [1.29, 1.82) is 0 Å². The number of aliphatic carboxylic acids is 1. The van der Waals surface area contributed by atoms with Gasteiger partial charge in [0.25, 0.3) is 0 Å². The number of hydrogen-bond donors (Lipinski definition) is 2. The number of aromatic nitrogens is 2. The van der Waals surface area contributed by atoms with Crippen LogP contribution in [0.4, 0.5) is 4.79 Å². The van der Waals surface area contributed by atoms with Gasteiger partial charge in [0.2, 0.25) is 0 Å². The highest BCUT2D eigenvalue weighted by molar-refractivity contribution is 8.00. The Morgan fingerprint density at radius 1 is 1.60 bits per heavy atom. The van der Waals surface area contributed by atoms with Crippen LogP contribution in [0.15, 0.2) is 12.3 Å². The lowest BCUT2D eigenvalue weighted by Crippen LogP contribution is -2.49. The van der Waals surface area contributed by atoms with Crippen molar-refractivity contribution in [1.82, 2.24) is 20.0 Å². The molecule has 110 valence electrons. The lowest BCUT2D eigenvalue weighted by atomic mass is 10.3. The van der Waals surface area contributed by atoms with Gasteiger partial charge in [-0.25, -0.2) is 9.59 Å². The monoisotopic (exact) mass is 298 g/mol. The number of rotatable bonds is 4. The fraction of sp³-hybridized carbons (Fsp3) is 0.583. The molecule has 0 saturated carbocycles. The van der Waals surface area contributed by atoms with Gasteiger partial charge in [0.1, 0.15) is 6.04 Å². The van der Waals surface area contributed by atoms with Gasteiger partial charge >= 0.3 is 12.0 Å². The fourth-order valence-corrected chi connectivity index (χ4v) is 3.52. The van der Waals surface area contributed by atoms with Crippen LogP contribution in [0.3, 0.4) is 0 Å². The molecule has 1 aromatic heterocycles. The number of thioether (sulfide) groups is 1. The second kappa shape index (κ2) is 6.17. The minimum Gasteiger partial charge on any atom is -0.480 e. The molecule has 1 aliphatic rings. The topological polar surface area (TPSA) is 87.5 Å². The van der Waals surface area contributed by atoms with Crippen LogP contribution in [-0.2, 0) is 18.4 Å². The predicted octanol–water partition coefficient (Wildman–Crippen LogP) is 0.868. The average Bonchev–Trinajstić information content (AvgIpc) is 3.01. The predicted molar refractivity (Wildman–Crippen MR) is 75.2 cm³/mol. The van der Waals surface area contributed by atoms with Gasteiger partial charge in [-0.3, -0.25) is 9.58 Å². The Hall–Kier alpha value is -1.70. The molecular weight excluding hydrogens is 280 g/mol. The van der Waals surface area contributed by atoms with Crippen LogP contribution in [-0.4, -0.2) is 49.0 Å². The summed E-state index contributed by atoms with van der Waals surface area (Å²) in [7, 11) is 1.79. The van der Waals surface area contributed by atoms with Crippen molar-refractivity contribution >= 4 is 23.8 Å². The zero-order valence-electron chi connectivity index (χ0n) is 11.4. The highest BCUT2D eigenvalue weighted by atomic mass is 32.2. The molecule has 7 nitrogen and oxygen atoms in total. The molecule has 1 aliphatic heterocycles. The zero-order chi connectivity index (χ0) is 14.7. The Balaban J connectivity index is 2.02. The van der Waals surface area contributed by atoms with Crippen molar-refractivity contribution in [2.24, 2.45) is 7.05 Å². The van der Waals surface area contributed by atoms with Crippen molar-refractivity contribution in [3.63, 3.8) is 0 Å². The Bertz CT molecular complexity index is 505. The van der Waals surface area contributed by atoms with E-state index in [0.29, 0.717) is 12.3 Å². The van der Waals surface area contributed by atoms with E-state index in [4.69, 9.17) is 0 Å². The SMILES string of the molecule is CCC1SCC(C(=O)O)N1C(=O)NCc1ccnn1C. The van der Waals surface area contributed by atoms with Crippen LogP contribution in [0.1, 0.15) is 19.0 Å². The van der Waals surface area contributed by atoms with Gasteiger partial charge in [-0.1, -0.05) is 6.92 Å². The van der Waals surface area contributed by atoms with Gasteiger partial charge in [0.15, 0.2) is 0 Å². The number of aryl methyl sites for hydroxylation is 1. The van der Waals surface area contributed by atoms with Gasteiger partial charge in [-0.05, 0) is 12.5 Å². The van der Waals surface area contributed by atoms with Crippen molar-refractivity contribution in [2.75, 3.05) is 5.75 Å². The molecule has 0 spiro atoms. The van der Waals surface area contributed by atoms with E-state index in [-0.39, 0.29) is 11.4 Å². The maximum atomic E-state index is 12.2. The first-order valence-corrected chi connectivity index (χ1v) is 7.47. The molecule has 2 rings (SSSR count). The van der Waals surface area contributed by atoms with E-state index in [0.717, 1.165) is 12.1 Å². The molecule has 2 unspecified atom stereocenters. The first-order valence-electron chi connectivity index (χ1n) is 6.42. The second-order valence-electron chi connectivity index (χ2n) is 4.56. The Morgan fingerprint density at radius 3 is 2.90 bits per heavy atom. The van der Waals surface area contributed by atoms with E-state index >= 15 is 0 Å². The van der Waals surface area contributed by atoms with Gasteiger partial charge < -0.3 is 10.4 Å². The maximum Gasteiger partial charge on any atom is 0.327 e. The van der Waals surface area contributed by atoms with E-state index < -0.39 is 12.0 Å². The van der Waals surface area contributed by atoms with Crippen molar-refractivity contribution in [3.05, 3.63) is 18.0 Å². The Morgan fingerprint density at radius 2 is 2.35 bits per heavy atom. The summed E-state index contributed by atoms with van der Waals surface area (Å²) in [5.74, 6) is -0.517. The standard InChI is InChI=1S/C12H18N4O3S/c1-3-10-16(9(7-20-10)11(17)18)12(19)13-6-8-4-5-14-15(8)2/h4-5,9-10H,3,6-7H2,1-2H3,(H,13,19)(H,17,18). The molecule has 2 N–H and O–H groups in total. The number of nitrogens with zero attached hydrogens (tertiary/aromatic N) is 3. The molecule has 2 atom stereocenters. The number of carboxylic acid groups (broad SMARTS) is 1. The number of urea groups is 1. The summed E-state index contributed by atoms with van der Waals surface area (Å²) < 4.78 is 1.67. The number of carboxylic acids is 1. The molecule has 2 heterocycles. The van der Waals surface area contributed by atoms with Crippen molar-refractivity contribution in [2.45, 2.75) is 31.3 Å². The van der Waals surface area contributed by atoms with Crippen LogP contribution >= 0.6 is 11.8 Å². The Kier molecular flexibility index (Phi) is 4.53. The average molecular weight is 298 g/mol. The van der Waals surface area contributed by atoms with E-state index in [9.17, 15) is 14.7 Å². The minimum absolute atomic E-state index is 0.0809. The van der Waals surface area contributed by atoms with E-state index in [1.54, 1.807) is 17.9 Å². The minimum atomic E-state index is -0.955. The van der Waals surface area contributed by atoms with Crippen LogP contribution in [0.25, 0.3) is 0 Å². The number of amides is 2. The summed E-state index contributed by atoms with van der Waals surface area (Å²) in [6, 6.07) is 0.720. The van der Waals surface area contributed by atoms with E-state index in [2.05, 4.69) is 10.4 Å². The van der Waals surface area contributed by atoms with Gasteiger partial charge in [0, 0.05) is 19.0 Å². The summed E-state index contributed by atoms with van der Waals surface area (Å²) in [6.45, 7) is 2.28. The molecule has 0 aliphatic carbocycles. The maximum absolute atomic E-state index is 12.2. The number of hydrogen-bond acceptors (Lipinski definition) is 4. The molecule has 0 radical (unpaired) electrons. The van der Waals surface area contributed by atoms with Crippen LogP contribution in [0.2, 0.25) is 0 Å². The van der Waals surface area contributed by atoms with Crippen LogP contribution < -0.4 is 5.32 Å². The summed E-state index contributed by atoms with van der Waals surface area (Å²) in [6.07, 6.45) is 2.38. The molecule has 8 heteroatoms. The summed E-state index contributed by atoms with van der Waals surface area (Å²) >= 11 is 1.51. The molecule has 0 bridgehead atoms. The molecule has 1 aromatic rings. The highest BCUT2D eigenvalue weighted by Crippen LogP contribution is 2.31. The number of nitrogens with one attached hydrogen (secondary N) is 1. The number of carbonyl (C=O) groups is 2. The summed E-state index contributed by atoms with van der Waals surface area (Å²) in [5.41, 5.74) is 0.866. The van der Waals surface area contributed by atoms with Crippen molar-refractivity contribution in [3.8, 4) is 0 Å². The first-order chi connectivity index (χ1) is 9.54. The fourth-order valence-electron chi connectivity index (χ4n) is 2.17. The van der Waals surface area contributed by atoms with Crippen LogP contribution in [0.5, 0.6) is 0 Å². The van der Waals surface area contributed by atoms with Gasteiger partial charge in [-0.15, -0.1) is 11.8 Å². The largest absolute Gasteiger partial charge is 0.480 e. The molecule has 20 heavy (non-hydrogen) atoms. The molecular formula is C12H18N4O3S. The van der Waals surface area contributed by atoms with Crippen molar-refractivity contribution < 1.29 is 14.7 Å². The lowest BCUT2D eigenvalue weighted by molar-refractivity contribution is -0.141. The third kappa shape index (κ3) is 2.90. The normalized spacial score (nSPS) is 22.0. The molecule has 1 fully saturated rings. The van der Waals surface area contributed by atoms with Crippen LogP contribution in [0, 0.1) is 0 Å². The number of carbonyl (C=O) groups excluding carboxylic acids is 1. The van der Waals surface area contributed by atoms with E-state index in [1.165, 1.54) is 16.7 Å². The first kappa shape index (κ1) is 14.7. The lowest BCUT2D eigenvalue weighted by Gasteiger charge is -2.26. The summed E-state index contributed by atoms with van der Waals surface area (Å²) in [5, 5.41) is 15.9. The molecule has 0 aromatic carbocycles.